The number of aliphatic hydroxyl groups excluding tert-OH is 2. The molecule has 0 fully saturated rings. The molecule has 0 aliphatic carbocycles. The molecule has 3 aromatic rings. The number of carbonyl (C=O) groups is 2. The molecular formula is C51H68N6O8. The fraction of sp³-hybridized carbons (Fsp3) is 0.549. The fourth-order valence-electron chi connectivity index (χ4n) is 9.72. The minimum atomic E-state index is -0.949. The number of amides is 2. The van der Waals surface area contributed by atoms with Gasteiger partial charge in [-0.1, -0.05) is 51.8 Å². The first-order chi connectivity index (χ1) is 30.9. The molecule has 5 atom stereocenters. The topological polar surface area (TPSA) is 194 Å². The van der Waals surface area contributed by atoms with Crippen LogP contribution in [0.15, 0.2) is 58.7 Å². The van der Waals surface area contributed by atoms with Crippen LogP contribution in [0.1, 0.15) is 174 Å². The van der Waals surface area contributed by atoms with E-state index in [-0.39, 0.29) is 49.2 Å². The molecule has 14 nitrogen and oxygen atoms in total. The summed E-state index contributed by atoms with van der Waals surface area (Å²) in [6.45, 7) is 17.2. The predicted octanol–water partition coefficient (Wildman–Crippen LogP) is 8.80. The Balaban J connectivity index is 1.03. The minimum Gasteiger partial charge on any atom is -0.508 e. The maximum atomic E-state index is 14.3. The Morgan fingerprint density at radius 2 is 1.26 bits per heavy atom. The van der Waals surface area contributed by atoms with E-state index in [0.717, 1.165) is 32.1 Å². The number of nitrogens with zero attached hydrogens (tertiary/aromatic N) is 5. The van der Waals surface area contributed by atoms with Crippen LogP contribution in [0, 0.1) is 0 Å². The number of allylic oxidation sites excluding steroid dienone is 8. The van der Waals surface area contributed by atoms with Gasteiger partial charge in [-0.2, -0.15) is 5.21 Å². The van der Waals surface area contributed by atoms with Crippen molar-refractivity contribution >= 4 is 11.8 Å². The SMILES string of the molecule is CC(C)=CCC/C(C)=C/CC[C@@]1(C)Oc2c(c(O)cc3c2CN(CCC[C@@H](c2nn[nH]n2)N2Cc4c(cc(O)c5c4O[C@](C)(CC/C=C(\C)CCC=C(C)C)[C@@H](O)C5)C2=O)C3=O)C[C@@H]1O. The maximum Gasteiger partial charge on any atom is 0.255 e. The fourth-order valence-corrected chi connectivity index (χ4v) is 9.72. The molecule has 5 N–H and O–H groups in total. The molecule has 14 heteroatoms. The zero-order valence-electron chi connectivity index (χ0n) is 39.5. The Hall–Kier alpha value is -5.47. The Labute approximate surface area is 383 Å². The third-order valence-electron chi connectivity index (χ3n) is 13.9. The monoisotopic (exact) mass is 893 g/mol. The van der Waals surface area contributed by atoms with Gasteiger partial charge in [-0.25, -0.2) is 0 Å². The summed E-state index contributed by atoms with van der Waals surface area (Å²) < 4.78 is 13.3. The summed E-state index contributed by atoms with van der Waals surface area (Å²) in [6, 6.07) is 2.33. The largest absolute Gasteiger partial charge is 0.508 e. The molecule has 2 aromatic carbocycles. The number of hydrogen-bond donors (Lipinski definition) is 5. The molecule has 350 valence electrons. The first-order valence-electron chi connectivity index (χ1n) is 23.3. The number of aromatic nitrogens is 4. The van der Waals surface area contributed by atoms with Gasteiger partial charge in [0.15, 0.2) is 5.82 Å². The van der Waals surface area contributed by atoms with Gasteiger partial charge in [0.25, 0.3) is 11.8 Å². The summed E-state index contributed by atoms with van der Waals surface area (Å²) >= 11 is 0. The molecule has 1 aromatic heterocycles. The van der Waals surface area contributed by atoms with Crippen molar-refractivity contribution in [3.63, 3.8) is 0 Å². The van der Waals surface area contributed by atoms with Gasteiger partial charge in [0.05, 0.1) is 42.5 Å². The number of carbonyl (C=O) groups excluding carboxylic acids is 2. The molecule has 0 saturated carbocycles. The third kappa shape index (κ3) is 10.2. The van der Waals surface area contributed by atoms with Crippen LogP contribution < -0.4 is 9.47 Å². The summed E-state index contributed by atoms with van der Waals surface area (Å²) in [5.74, 6) is 0.497. The second kappa shape index (κ2) is 19.6. The molecule has 7 rings (SSSR count). The van der Waals surface area contributed by atoms with E-state index >= 15 is 0 Å². The highest BCUT2D eigenvalue weighted by atomic mass is 16.5. The number of H-pyrrole nitrogens is 1. The summed E-state index contributed by atoms with van der Waals surface area (Å²) in [6.07, 6.45) is 14.8. The molecule has 0 bridgehead atoms. The lowest BCUT2D eigenvalue weighted by atomic mass is 9.84. The quantitative estimate of drug-likeness (QED) is 0.0766. The Bertz CT molecular complexity index is 2400. The van der Waals surface area contributed by atoms with E-state index in [9.17, 15) is 30.0 Å². The Kier molecular flexibility index (Phi) is 14.3. The lowest BCUT2D eigenvalue weighted by Gasteiger charge is -2.41. The number of hydrogen-bond acceptors (Lipinski definition) is 11. The normalized spacial score (nSPS) is 23.0. The average molecular weight is 893 g/mol. The van der Waals surface area contributed by atoms with Crippen LogP contribution in [-0.2, 0) is 25.9 Å². The van der Waals surface area contributed by atoms with Crippen molar-refractivity contribution in [2.75, 3.05) is 6.54 Å². The third-order valence-corrected chi connectivity index (χ3v) is 13.9. The van der Waals surface area contributed by atoms with Crippen molar-refractivity contribution in [3.05, 3.63) is 97.9 Å². The van der Waals surface area contributed by atoms with Gasteiger partial charge in [0.2, 0.25) is 0 Å². The molecule has 0 unspecified atom stereocenters. The first-order valence-corrected chi connectivity index (χ1v) is 23.3. The number of nitrogens with one attached hydrogen (secondary N) is 1. The molecule has 0 radical (unpaired) electrons. The number of ether oxygens (including phenoxy) is 2. The average Bonchev–Trinajstić information content (AvgIpc) is 3.97. The van der Waals surface area contributed by atoms with Crippen LogP contribution in [0.5, 0.6) is 23.0 Å². The van der Waals surface area contributed by atoms with Crippen molar-refractivity contribution in [1.29, 1.82) is 0 Å². The summed E-state index contributed by atoms with van der Waals surface area (Å²) in [5.41, 5.74) is 6.29. The van der Waals surface area contributed by atoms with E-state index in [0.29, 0.717) is 89.4 Å². The molecule has 0 saturated heterocycles. The molecule has 4 aliphatic heterocycles. The van der Waals surface area contributed by atoms with Gasteiger partial charge < -0.3 is 39.7 Å². The second-order valence-electron chi connectivity index (χ2n) is 19.6. The summed E-state index contributed by atoms with van der Waals surface area (Å²) in [5, 5.41) is 59.9. The van der Waals surface area contributed by atoms with Gasteiger partial charge >= 0.3 is 0 Å². The predicted molar refractivity (Wildman–Crippen MR) is 248 cm³/mol. The van der Waals surface area contributed by atoms with Crippen LogP contribution in [0.3, 0.4) is 0 Å². The lowest BCUT2D eigenvalue weighted by Crippen LogP contribution is -2.49. The van der Waals surface area contributed by atoms with Crippen LogP contribution in [0.2, 0.25) is 0 Å². The standard InChI is InChI=1S/C51H68N6O8/c1-30(2)14-9-16-32(5)18-11-21-50(7)43(60)26-36-41(58)24-34-38(45(36)64-50)28-56(48(34)62)23-13-20-40(47-52-54-55-53-47)57-29-39-35(49(57)63)25-42(59)37-27-44(61)51(8,65-46(37)39)22-12-19-33(6)17-10-15-31(3)4/h14-15,18-19,24-25,40,43-44,58-61H,9-13,16-17,20-23,26-29H2,1-8H3,(H,52,53,54,55)/b32-18+,33-19+/t40-,43-,44-,50+,51+/m0/s1. The van der Waals surface area contributed by atoms with Gasteiger partial charge in [0.1, 0.15) is 34.2 Å². The zero-order valence-corrected chi connectivity index (χ0v) is 39.5. The van der Waals surface area contributed by atoms with Crippen molar-refractivity contribution in [1.82, 2.24) is 30.4 Å². The summed E-state index contributed by atoms with van der Waals surface area (Å²) in [4.78, 5) is 31.6. The highest BCUT2D eigenvalue weighted by molar-refractivity contribution is 6.01. The number of rotatable bonds is 18. The van der Waals surface area contributed by atoms with Crippen LogP contribution in [0.4, 0.5) is 0 Å². The van der Waals surface area contributed by atoms with Crippen molar-refractivity contribution in [2.24, 2.45) is 0 Å². The number of phenolic OH excluding ortho intramolecular Hbond substituents is 2. The molecular weight excluding hydrogens is 825 g/mol. The van der Waals surface area contributed by atoms with Gasteiger partial charge in [-0.15, -0.1) is 10.2 Å². The number of tetrazole rings is 1. The van der Waals surface area contributed by atoms with Crippen molar-refractivity contribution < 1.29 is 39.5 Å². The van der Waals surface area contributed by atoms with Gasteiger partial charge in [0, 0.05) is 41.6 Å². The molecule has 2 amide bonds. The van der Waals surface area contributed by atoms with E-state index in [1.165, 1.54) is 34.4 Å². The van der Waals surface area contributed by atoms with Crippen molar-refractivity contribution in [2.45, 2.75) is 175 Å². The van der Waals surface area contributed by atoms with Crippen molar-refractivity contribution in [3.8, 4) is 23.0 Å². The molecule has 5 heterocycles. The van der Waals surface area contributed by atoms with E-state index < -0.39 is 29.5 Å². The Morgan fingerprint density at radius 1 is 0.754 bits per heavy atom. The summed E-state index contributed by atoms with van der Waals surface area (Å²) in [7, 11) is 0. The number of aromatic hydroxyl groups is 2. The lowest BCUT2D eigenvalue weighted by molar-refractivity contribution is -0.0599. The number of fused-ring (bicyclic) bond motifs is 6. The number of aromatic amines is 1. The highest BCUT2D eigenvalue weighted by Crippen LogP contribution is 2.49. The minimum absolute atomic E-state index is 0.0703. The van der Waals surface area contributed by atoms with E-state index in [1.807, 2.05) is 13.8 Å². The molecule has 4 aliphatic rings. The van der Waals surface area contributed by atoms with E-state index in [4.69, 9.17) is 9.47 Å². The van der Waals surface area contributed by atoms with Crippen LogP contribution in [-0.4, -0.2) is 92.6 Å². The van der Waals surface area contributed by atoms with E-state index in [1.54, 1.807) is 9.80 Å². The Morgan fingerprint density at radius 3 is 1.75 bits per heavy atom. The second-order valence-corrected chi connectivity index (χ2v) is 19.6. The van der Waals surface area contributed by atoms with Crippen LogP contribution >= 0.6 is 0 Å². The number of benzene rings is 2. The molecule has 0 spiro atoms. The highest BCUT2D eigenvalue weighted by Gasteiger charge is 2.47. The smallest absolute Gasteiger partial charge is 0.255 e. The molecule has 65 heavy (non-hydrogen) atoms. The van der Waals surface area contributed by atoms with Gasteiger partial charge in [-0.3, -0.25) is 9.59 Å². The first kappa shape index (κ1) is 47.5. The maximum absolute atomic E-state index is 14.3. The van der Waals surface area contributed by atoms with E-state index in [2.05, 4.69) is 86.5 Å². The number of phenols is 2. The van der Waals surface area contributed by atoms with Gasteiger partial charge in [-0.05, 0) is 132 Å². The zero-order chi connectivity index (χ0) is 46.8. The van der Waals surface area contributed by atoms with Crippen LogP contribution in [0.25, 0.3) is 0 Å². The number of aliphatic hydroxyl groups is 2.